The summed E-state index contributed by atoms with van der Waals surface area (Å²) >= 11 is 0. The van der Waals surface area contributed by atoms with Gasteiger partial charge in [-0.15, -0.1) is 6.58 Å². The van der Waals surface area contributed by atoms with Crippen molar-refractivity contribution in [3.8, 4) is 0 Å². The fourth-order valence-corrected chi connectivity index (χ4v) is 1.38. The first-order chi connectivity index (χ1) is 7.83. The zero-order valence-electron chi connectivity index (χ0n) is 9.52. The van der Waals surface area contributed by atoms with E-state index < -0.39 is 0 Å². The van der Waals surface area contributed by atoms with Crippen LogP contribution in [0.2, 0.25) is 0 Å². The third-order valence-electron chi connectivity index (χ3n) is 2.28. The first kappa shape index (κ1) is 12.5. The van der Waals surface area contributed by atoms with Crippen LogP contribution in [0.3, 0.4) is 0 Å². The fourth-order valence-electron chi connectivity index (χ4n) is 1.38. The Kier molecular flexibility index (Phi) is 6.00. The van der Waals surface area contributed by atoms with E-state index in [1.807, 2.05) is 36.4 Å². The summed E-state index contributed by atoms with van der Waals surface area (Å²) in [7, 11) is 0. The van der Waals surface area contributed by atoms with Crippen molar-refractivity contribution in [3.05, 3.63) is 48.6 Å². The van der Waals surface area contributed by atoms with Gasteiger partial charge in [0, 0.05) is 6.42 Å². The van der Waals surface area contributed by atoms with Crippen LogP contribution in [0.15, 0.2) is 43.0 Å². The van der Waals surface area contributed by atoms with Crippen LogP contribution >= 0.6 is 0 Å². The van der Waals surface area contributed by atoms with Crippen LogP contribution in [0.1, 0.15) is 24.8 Å². The zero-order valence-corrected chi connectivity index (χ0v) is 9.52. The molecule has 2 heteroatoms. The van der Waals surface area contributed by atoms with Crippen molar-refractivity contribution >= 4 is 5.97 Å². The largest absolute Gasteiger partial charge is 0.466 e. The van der Waals surface area contributed by atoms with Gasteiger partial charge in [0.25, 0.3) is 0 Å². The minimum absolute atomic E-state index is 0.118. The molecule has 0 saturated carbocycles. The molecule has 0 aromatic heterocycles. The van der Waals surface area contributed by atoms with Crippen LogP contribution in [0.4, 0.5) is 0 Å². The highest BCUT2D eigenvalue weighted by Crippen LogP contribution is 2.03. The zero-order chi connectivity index (χ0) is 11.6. The summed E-state index contributed by atoms with van der Waals surface area (Å²) in [6, 6.07) is 9.96. The summed E-state index contributed by atoms with van der Waals surface area (Å²) in [5.74, 6) is -0.118. The summed E-state index contributed by atoms with van der Waals surface area (Å²) in [4.78, 5) is 11.3. The number of ether oxygens (including phenoxy) is 1. The van der Waals surface area contributed by atoms with Crippen LogP contribution in [0, 0.1) is 0 Å². The molecule has 0 spiro atoms. The molecule has 0 unspecified atom stereocenters. The fraction of sp³-hybridized carbons (Fsp3) is 0.357. The number of hydrogen-bond donors (Lipinski definition) is 0. The molecule has 1 aromatic carbocycles. The van der Waals surface area contributed by atoms with Gasteiger partial charge in [0.2, 0.25) is 0 Å². The van der Waals surface area contributed by atoms with E-state index in [-0.39, 0.29) is 5.97 Å². The van der Waals surface area contributed by atoms with E-state index in [1.54, 1.807) is 0 Å². The average molecular weight is 218 g/mol. The van der Waals surface area contributed by atoms with Gasteiger partial charge in [0.15, 0.2) is 0 Å². The number of esters is 1. The molecule has 0 atom stereocenters. The Bertz CT molecular complexity index is 317. The number of carbonyl (C=O) groups is 1. The van der Waals surface area contributed by atoms with Crippen molar-refractivity contribution in [2.45, 2.75) is 25.7 Å². The quantitative estimate of drug-likeness (QED) is 0.399. The standard InChI is InChI=1S/C14H18O2/c1-2-3-7-12-16-14(15)11-10-13-8-5-4-6-9-13/h2,4-6,8-9H,1,3,7,10-12H2. The molecule has 0 aliphatic carbocycles. The second-order valence-corrected chi connectivity index (χ2v) is 3.64. The number of carbonyl (C=O) groups excluding carboxylic acids is 1. The van der Waals surface area contributed by atoms with Crippen molar-refractivity contribution in [1.82, 2.24) is 0 Å². The SMILES string of the molecule is C=CCCCOC(=O)CCc1ccccc1. The van der Waals surface area contributed by atoms with Gasteiger partial charge in [-0.1, -0.05) is 36.4 Å². The molecule has 1 aromatic rings. The Morgan fingerprint density at radius 3 is 2.75 bits per heavy atom. The van der Waals surface area contributed by atoms with Crippen LogP contribution in [-0.2, 0) is 16.0 Å². The van der Waals surface area contributed by atoms with Gasteiger partial charge in [-0.05, 0) is 24.8 Å². The second-order valence-electron chi connectivity index (χ2n) is 3.64. The predicted octanol–water partition coefficient (Wildman–Crippen LogP) is 3.13. The van der Waals surface area contributed by atoms with Crippen molar-refractivity contribution in [2.75, 3.05) is 6.61 Å². The maximum absolute atomic E-state index is 11.3. The summed E-state index contributed by atoms with van der Waals surface area (Å²) in [5, 5.41) is 0. The highest BCUT2D eigenvalue weighted by Gasteiger charge is 2.02. The van der Waals surface area contributed by atoms with E-state index >= 15 is 0 Å². The van der Waals surface area contributed by atoms with Gasteiger partial charge in [0.05, 0.1) is 6.61 Å². The second kappa shape index (κ2) is 7.69. The summed E-state index contributed by atoms with van der Waals surface area (Å²) in [6.07, 6.45) is 4.80. The van der Waals surface area contributed by atoms with Crippen molar-refractivity contribution in [3.63, 3.8) is 0 Å². The maximum Gasteiger partial charge on any atom is 0.306 e. The molecule has 0 amide bonds. The Morgan fingerprint density at radius 1 is 1.31 bits per heavy atom. The highest BCUT2D eigenvalue weighted by atomic mass is 16.5. The van der Waals surface area contributed by atoms with E-state index in [2.05, 4.69) is 6.58 Å². The van der Waals surface area contributed by atoms with E-state index in [1.165, 1.54) is 5.56 Å². The van der Waals surface area contributed by atoms with E-state index in [4.69, 9.17) is 4.74 Å². The van der Waals surface area contributed by atoms with E-state index in [0.717, 1.165) is 19.3 Å². The average Bonchev–Trinajstić information content (AvgIpc) is 2.33. The third-order valence-corrected chi connectivity index (χ3v) is 2.28. The van der Waals surface area contributed by atoms with Crippen LogP contribution in [0.25, 0.3) is 0 Å². The molecular formula is C14H18O2. The molecule has 0 N–H and O–H groups in total. The van der Waals surface area contributed by atoms with Crippen molar-refractivity contribution in [2.24, 2.45) is 0 Å². The molecule has 0 fully saturated rings. The molecular weight excluding hydrogens is 200 g/mol. The minimum Gasteiger partial charge on any atom is -0.466 e. The normalized spacial score (nSPS) is 9.75. The van der Waals surface area contributed by atoms with Crippen LogP contribution < -0.4 is 0 Å². The van der Waals surface area contributed by atoms with Gasteiger partial charge >= 0.3 is 5.97 Å². The molecule has 0 bridgehead atoms. The molecule has 0 saturated heterocycles. The lowest BCUT2D eigenvalue weighted by molar-refractivity contribution is -0.143. The lowest BCUT2D eigenvalue weighted by Crippen LogP contribution is -2.06. The number of unbranched alkanes of at least 4 members (excludes halogenated alkanes) is 1. The number of hydrogen-bond acceptors (Lipinski definition) is 2. The van der Waals surface area contributed by atoms with Crippen LogP contribution in [0.5, 0.6) is 0 Å². The first-order valence-electron chi connectivity index (χ1n) is 5.63. The topological polar surface area (TPSA) is 26.3 Å². The highest BCUT2D eigenvalue weighted by molar-refractivity contribution is 5.69. The molecule has 1 rings (SSSR count). The molecule has 16 heavy (non-hydrogen) atoms. The first-order valence-corrected chi connectivity index (χ1v) is 5.63. The summed E-state index contributed by atoms with van der Waals surface area (Å²) < 4.78 is 5.08. The lowest BCUT2D eigenvalue weighted by atomic mass is 10.1. The number of aryl methyl sites for hydroxylation is 1. The Hall–Kier alpha value is -1.57. The van der Waals surface area contributed by atoms with Gasteiger partial charge < -0.3 is 4.74 Å². The van der Waals surface area contributed by atoms with Gasteiger partial charge in [-0.3, -0.25) is 4.79 Å². The van der Waals surface area contributed by atoms with Crippen molar-refractivity contribution < 1.29 is 9.53 Å². The van der Waals surface area contributed by atoms with Gasteiger partial charge in [-0.25, -0.2) is 0 Å². The Morgan fingerprint density at radius 2 is 2.06 bits per heavy atom. The van der Waals surface area contributed by atoms with Crippen LogP contribution in [-0.4, -0.2) is 12.6 Å². The predicted molar refractivity (Wildman–Crippen MR) is 65.2 cm³/mol. The molecule has 0 aliphatic heterocycles. The van der Waals surface area contributed by atoms with Gasteiger partial charge in [-0.2, -0.15) is 0 Å². The van der Waals surface area contributed by atoms with E-state index in [0.29, 0.717) is 13.0 Å². The smallest absolute Gasteiger partial charge is 0.306 e. The summed E-state index contributed by atoms with van der Waals surface area (Å²) in [5.41, 5.74) is 1.17. The Balaban J connectivity index is 2.13. The monoisotopic (exact) mass is 218 g/mol. The third kappa shape index (κ3) is 5.35. The number of rotatable bonds is 7. The Labute approximate surface area is 96.9 Å². The number of benzene rings is 1. The molecule has 0 heterocycles. The minimum atomic E-state index is -0.118. The maximum atomic E-state index is 11.3. The van der Waals surface area contributed by atoms with E-state index in [9.17, 15) is 4.79 Å². The van der Waals surface area contributed by atoms with Crippen molar-refractivity contribution in [1.29, 1.82) is 0 Å². The van der Waals surface area contributed by atoms with Gasteiger partial charge in [0.1, 0.15) is 0 Å². The molecule has 0 aliphatic rings. The molecule has 86 valence electrons. The number of allylic oxidation sites excluding steroid dienone is 1. The summed E-state index contributed by atoms with van der Waals surface area (Å²) in [6.45, 7) is 4.11. The lowest BCUT2D eigenvalue weighted by Gasteiger charge is -2.03. The molecule has 2 nitrogen and oxygen atoms in total. The molecule has 0 radical (unpaired) electrons.